The number of aliphatic imine (C=N–C) groups is 1. The summed E-state index contributed by atoms with van der Waals surface area (Å²) < 4.78 is 1.08. The van der Waals surface area contributed by atoms with E-state index in [2.05, 4.69) is 60.0 Å². The van der Waals surface area contributed by atoms with Gasteiger partial charge in [0.25, 0.3) is 0 Å². The normalized spacial score (nSPS) is 14.0. The highest BCUT2D eigenvalue weighted by Crippen LogP contribution is 2.27. The Kier molecular flexibility index (Phi) is 13.6. The maximum absolute atomic E-state index is 13.6. The Hall–Kier alpha value is -2.91. The second-order valence-electron chi connectivity index (χ2n) is 10.6. The number of aromatic nitrogens is 1. The summed E-state index contributed by atoms with van der Waals surface area (Å²) in [6.45, 7) is 20.7. The van der Waals surface area contributed by atoms with E-state index in [1.54, 1.807) is 18.3 Å². The van der Waals surface area contributed by atoms with Gasteiger partial charge in [0.2, 0.25) is 17.7 Å². The molecule has 3 amide bonds. The van der Waals surface area contributed by atoms with Crippen LogP contribution in [0.25, 0.3) is 10.2 Å². The van der Waals surface area contributed by atoms with Gasteiger partial charge in [-0.15, -0.1) is 11.3 Å². The summed E-state index contributed by atoms with van der Waals surface area (Å²) in [6.07, 6.45) is 2.88. The van der Waals surface area contributed by atoms with Crippen LogP contribution in [-0.2, 0) is 20.8 Å². The van der Waals surface area contributed by atoms with Gasteiger partial charge in [-0.05, 0) is 42.6 Å². The maximum Gasteiger partial charge on any atom is 0.247 e. The lowest BCUT2D eigenvalue weighted by molar-refractivity contribution is -0.124. The summed E-state index contributed by atoms with van der Waals surface area (Å²) in [5.41, 5.74) is 2.64. The van der Waals surface area contributed by atoms with Gasteiger partial charge in [0, 0.05) is 43.8 Å². The number of rotatable bonds is 16. The zero-order valence-corrected chi connectivity index (χ0v) is 26.1. The number of nitrogens with zero attached hydrogens (tertiary/aromatic N) is 3. The number of hydrogen-bond acceptors (Lipinski definition) is 6. The minimum atomic E-state index is -0.666. The second-order valence-corrected chi connectivity index (χ2v) is 11.7. The summed E-state index contributed by atoms with van der Waals surface area (Å²) in [6, 6.07) is 5.97. The standard InChI is InChI=1S/C31H47N5O3S/c1-9-21(7)26(18-33-30(38)22(8)19-36(11-3)12-4)35-31(39)24(17-32-28(37)10-2)16-29-34-25-14-13-23(20(5)6)15-27(25)40-29/h13-15,17,20-21,24,26H,8-12,16,18-19H2,1-7H3,(H,33,38)(H,35,39)/t21-,24?,26+/m0/s1. The van der Waals surface area contributed by atoms with E-state index >= 15 is 0 Å². The van der Waals surface area contributed by atoms with E-state index in [0.717, 1.165) is 34.7 Å². The molecule has 1 heterocycles. The Labute approximate surface area is 243 Å². The first-order chi connectivity index (χ1) is 19.0. The van der Waals surface area contributed by atoms with Crippen molar-refractivity contribution in [2.24, 2.45) is 16.8 Å². The predicted octanol–water partition coefficient (Wildman–Crippen LogP) is 5.13. The SMILES string of the molecule is C=C(CN(CC)CC)C(=O)NC[C@@H](NC(=O)C(C=NC(=O)CC)Cc1nc2ccc(C(C)C)cc2s1)[C@@H](C)CC. The molecule has 2 aromatic rings. The Morgan fingerprint density at radius 1 is 1.12 bits per heavy atom. The van der Waals surface area contributed by atoms with Crippen molar-refractivity contribution in [2.75, 3.05) is 26.2 Å². The van der Waals surface area contributed by atoms with E-state index in [1.165, 1.54) is 11.8 Å². The van der Waals surface area contributed by atoms with Crippen molar-refractivity contribution >= 4 is 45.5 Å². The van der Waals surface area contributed by atoms with Crippen LogP contribution < -0.4 is 10.6 Å². The average Bonchev–Trinajstić information content (AvgIpc) is 3.36. The molecule has 2 N–H and O–H groups in total. The fourth-order valence-electron chi connectivity index (χ4n) is 4.19. The summed E-state index contributed by atoms with van der Waals surface area (Å²) >= 11 is 1.56. The van der Waals surface area contributed by atoms with Gasteiger partial charge < -0.3 is 10.6 Å². The van der Waals surface area contributed by atoms with Crippen LogP contribution in [0.1, 0.15) is 77.8 Å². The Balaban J connectivity index is 2.19. The highest BCUT2D eigenvalue weighted by atomic mass is 32.1. The quantitative estimate of drug-likeness (QED) is 0.215. The zero-order chi connectivity index (χ0) is 29.8. The first-order valence-electron chi connectivity index (χ1n) is 14.5. The van der Waals surface area contributed by atoms with Gasteiger partial charge in [0.15, 0.2) is 0 Å². The highest BCUT2D eigenvalue weighted by Gasteiger charge is 2.26. The molecule has 1 aromatic carbocycles. The Bertz CT molecular complexity index is 1180. The molecule has 0 aliphatic carbocycles. The molecule has 40 heavy (non-hydrogen) atoms. The number of likely N-dealkylation sites (N-methyl/N-ethyl adjacent to an activating group) is 1. The molecule has 3 atom stereocenters. The van der Waals surface area contributed by atoms with Crippen LogP contribution in [0.15, 0.2) is 35.3 Å². The third-order valence-electron chi connectivity index (χ3n) is 7.33. The molecule has 1 unspecified atom stereocenters. The summed E-state index contributed by atoms with van der Waals surface area (Å²) in [5.74, 6) is -0.866. The van der Waals surface area contributed by atoms with Crippen molar-refractivity contribution in [3.8, 4) is 0 Å². The van der Waals surface area contributed by atoms with Gasteiger partial charge in [0.1, 0.15) is 0 Å². The number of benzene rings is 1. The van der Waals surface area contributed by atoms with Gasteiger partial charge in [-0.2, -0.15) is 0 Å². The van der Waals surface area contributed by atoms with Gasteiger partial charge in [-0.25, -0.2) is 9.98 Å². The fourth-order valence-corrected chi connectivity index (χ4v) is 5.26. The van der Waals surface area contributed by atoms with Crippen LogP contribution in [0.3, 0.4) is 0 Å². The highest BCUT2D eigenvalue weighted by molar-refractivity contribution is 7.18. The summed E-state index contributed by atoms with van der Waals surface area (Å²) in [7, 11) is 0. The predicted molar refractivity (Wildman–Crippen MR) is 166 cm³/mol. The van der Waals surface area contributed by atoms with E-state index < -0.39 is 5.92 Å². The number of hydrogen-bond donors (Lipinski definition) is 2. The molecule has 0 spiro atoms. The van der Waals surface area contributed by atoms with Crippen molar-refractivity contribution in [3.05, 3.63) is 40.9 Å². The lowest BCUT2D eigenvalue weighted by Gasteiger charge is -2.27. The van der Waals surface area contributed by atoms with Crippen molar-refractivity contribution in [3.63, 3.8) is 0 Å². The van der Waals surface area contributed by atoms with Crippen molar-refractivity contribution in [1.29, 1.82) is 0 Å². The molecule has 0 saturated heterocycles. The molecule has 1 aromatic heterocycles. The second kappa shape index (κ2) is 16.4. The fraction of sp³-hybridized carbons (Fsp3) is 0.581. The topological polar surface area (TPSA) is 104 Å². The van der Waals surface area contributed by atoms with E-state index in [4.69, 9.17) is 4.98 Å². The third-order valence-corrected chi connectivity index (χ3v) is 8.37. The Morgan fingerprint density at radius 2 is 1.82 bits per heavy atom. The van der Waals surface area contributed by atoms with Gasteiger partial charge >= 0.3 is 0 Å². The molecule has 2 rings (SSSR count). The van der Waals surface area contributed by atoms with Crippen LogP contribution in [-0.4, -0.2) is 66.0 Å². The molecule has 9 heteroatoms. The van der Waals surface area contributed by atoms with Crippen LogP contribution in [0, 0.1) is 11.8 Å². The third kappa shape index (κ3) is 9.93. The lowest BCUT2D eigenvalue weighted by atomic mass is 9.97. The molecular formula is C31H47N5O3S. The van der Waals surface area contributed by atoms with Crippen LogP contribution in [0.2, 0.25) is 0 Å². The van der Waals surface area contributed by atoms with E-state index in [-0.39, 0.29) is 42.6 Å². The van der Waals surface area contributed by atoms with Crippen LogP contribution >= 0.6 is 11.3 Å². The number of amides is 3. The smallest absolute Gasteiger partial charge is 0.247 e. The number of carbonyl (C=O) groups excluding carboxylic acids is 3. The van der Waals surface area contributed by atoms with E-state index in [0.29, 0.717) is 24.5 Å². The van der Waals surface area contributed by atoms with Crippen molar-refractivity contribution in [1.82, 2.24) is 20.5 Å². The molecule has 0 bridgehead atoms. The number of thiazole rings is 1. The largest absolute Gasteiger partial charge is 0.351 e. The summed E-state index contributed by atoms with van der Waals surface area (Å²) in [4.78, 5) is 49.2. The minimum absolute atomic E-state index is 0.118. The molecule has 220 valence electrons. The summed E-state index contributed by atoms with van der Waals surface area (Å²) in [5, 5.41) is 6.90. The lowest BCUT2D eigenvalue weighted by Crippen LogP contribution is -2.50. The van der Waals surface area contributed by atoms with Crippen molar-refractivity contribution < 1.29 is 14.4 Å². The first-order valence-corrected chi connectivity index (χ1v) is 15.3. The van der Waals surface area contributed by atoms with Gasteiger partial charge in [-0.3, -0.25) is 19.3 Å². The van der Waals surface area contributed by atoms with Gasteiger partial charge in [0.05, 0.1) is 21.1 Å². The first kappa shape index (κ1) is 33.3. The Morgan fingerprint density at radius 3 is 2.42 bits per heavy atom. The molecule has 8 nitrogen and oxygen atoms in total. The zero-order valence-electron chi connectivity index (χ0n) is 25.3. The average molecular weight is 570 g/mol. The molecule has 0 fully saturated rings. The number of fused-ring (bicyclic) bond motifs is 1. The molecular weight excluding hydrogens is 522 g/mol. The molecule has 0 radical (unpaired) electrons. The van der Waals surface area contributed by atoms with Gasteiger partial charge in [-0.1, -0.05) is 67.5 Å². The number of nitrogens with one attached hydrogen (secondary N) is 2. The minimum Gasteiger partial charge on any atom is -0.351 e. The monoisotopic (exact) mass is 569 g/mol. The molecule has 0 aliphatic heterocycles. The maximum atomic E-state index is 13.6. The molecule has 0 aliphatic rings. The number of carbonyl (C=O) groups is 3. The van der Waals surface area contributed by atoms with Crippen LogP contribution in [0.5, 0.6) is 0 Å². The van der Waals surface area contributed by atoms with E-state index in [9.17, 15) is 14.4 Å². The van der Waals surface area contributed by atoms with Crippen molar-refractivity contribution in [2.45, 2.75) is 79.7 Å². The van der Waals surface area contributed by atoms with E-state index in [1.807, 2.05) is 26.8 Å². The molecule has 0 saturated carbocycles. The van der Waals surface area contributed by atoms with Crippen LogP contribution in [0.4, 0.5) is 0 Å².